The molecule has 29 heavy (non-hydrogen) atoms. The van der Waals surface area contributed by atoms with Crippen LogP contribution in [0.25, 0.3) is 11.3 Å². The van der Waals surface area contributed by atoms with Crippen molar-refractivity contribution >= 4 is 23.0 Å². The average Bonchev–Trinajstić information content (AvgIpc) is 3.18. The van der Waals surface area contributed by atoms with Crippen LogP contribution in [0.15, 0.2) is 41.5 Å². The van der Waals surface area contributed by atoms with Gasteiger partial charge in [0.05, 0.1) is 11.7 Å². The van der Waals surface area contributed by atoms with Crippen molar-refractivity contribution in [3.05, 3.63) is 63.0 Å². The molecule has 2 N–H and O–H groups in total. The smallest absolute Gasteiger partial charge is 0.220 e. The van der Waals surface area contributed by atoms with Crippen LogP contribution in [-0.4, -0.2) is 15.7 Å². The number of benzene rings is 1. The molecule has 0 radical (unpaired) electrons. The van der Waals surface area contributed by atoms with E-state index in [1.54, 1.807) is 16.6 Å². The summed E-state index contributed by atoms with van der Waals surface area (Å²) < 4.78 is 0. The Morgan fingerprint density at radius 2 is 1.93 bits per heavy atom. The van der Waals surface area contributed by atoms with E-state index >= 15 is 0 Å². The molecule has 4 nitrogen and oxygen atoms in total. The van der Waals surface area contributed by atoms with Gasteiger partial charge < -0.3 is 5.73 Å². The third-order valence-corrected chi connectivity index (χ3v) is 7.44. The van der Waals surface area contributed by atoms with Gasteiger partial charge in [-0.05, 0) is 86.8 Å². The zero-order valence-corrected chi connectivity index (χ0v) is 17.6. The standard InChI is InChI=1S/C24H26N4S/c1-15(23-14-18-5-2-3-8-22(18)29-23)27-21-7-4-6-16-13-17(9-10-19(16)21)20-11-12-26-24(25)28-20/h9-14,21H,2-8H2,1H3,(H2,25,26,28). The van der Waals surface area contributed by atoms with Crippen LogP contribution in [0, 0.1) is 0 Å². The summed E-state index contributed by atoms with van der Waals surface area (Å²) in [5.74, 6) is 0.317. The van der Waals surface area contributed by atoms with Crippen molar-refractivity contribution in [2.24, 2.45) is 4.99 Å². The van der Waals surface area contributed by atoms with Gasteiger partial charge in [0.1, 0.15) is 0 Å². The summed E-state index contributed by atoms with van der Waals surface area (Å²) >= 11 is 1.96. The van der Waals surface area contributed by atoms with Gasteiger partial charge in [-0.25, -0.2) is 9.97 Å². The summed E-state index contributed by atoms with van der Waals surface area (Å²) in [5, 5.41) is 0. The van der Waals surface area contributed by atoms with Crippen LogP contribution in [0.1, 0.15) is 65.1 Å². The molecule has 2 aromatic heterocycles. The van der Waals surface area contributed by atoms with E-state index in [1.807, 2.05) is 17.4 Å². The Labute approximate surface area is 175 Å². The van der Waals surface area contributed by atoms with Gasteiger partial charge in [0, 0.05) is 27.2 Å². The molecule has 3 aromatic rings. The molecule has 2 aliphatic rings. The number of hydrogen-bond acceptors (Lipinski definition) is 5. The van der Waals surface area contributed by atoms with E-state index in [4.69, 9.17) is 10.7 Å². The number of fused-ring (bicyclic) bond motifs is 2. The lowest BCUT2D eigenvalue weighted by atomic mass is 9.86. The topological polar surface area (TPSA) is 64.2 Å². The van der Waals surface area contributed by atoms with E-state index in [9.17, 15) is 0 Å². The summed E-state index contributed by atoms with van der Waals surface area (Å²) in [7, 11) is 0. The first-order valence-electron chi connectivity index (χ1n) is 10.6. The van der Waals surface area contributed by atoms with Crippen LogP contribution in [0.4, 0.5) is 5.95 Å². The van der Waals surface area contributed by atoms with Gasteiger partial charge in [-0.15, -0.1) is 11.3 Å². The number of nitrogens with two attached hydrogens (primary N) is 1. The minimum atomic E-state index is 0.252. The summed E-state index contributed by atoms with van der Waals surface area (Å²) in [5.41, 5.74) is 13.2. The Morgan fingerprint density at radius 3 is 2.79 bits per heavy atom. The minimum Gasteiger partial charge on any atom is -0.368 e. The largest absolute Gasteiger partial charge is 0.368 e. The number of rotatable bonds is 3. The number of thiophene rings is 1. The molecule has 5 heteroatoms. The fourth-order valence-corrected chi connectivity index (χ4v) is 5.79. The minimum absolute atomic E-state index is 0.252. The van der Waals surface area contributed by atoms with Crippen molar-refractivity contribution in [3.63, 3.8) is 0 Å². The molecule has 148 valence electrons. The van der Waals surface area contributed by atoms with Gasteiger partial charge >= 0.3 is 0 Å². The molecule has 0 bridgehead atoms. The van der Waals surface area contributed by atoms with Crippen molar-refractivity contribution in [2.45, 2.75) is 57.9 Å². The molecule has 2 heterocycles. The molecule has 0 aliphatic heterocycles. The highest BCUT2D eigenvalue weighted by Gasteiger charge is 2.21. The Hall–Kier alpha value is -2.53. The first-order chi connectivity index (χ1) is 14.2. The van der Waals surface area contributed by atoms with E-state index in [1.165, 1.54) is 53.8 Å². The van der Waals surface area contributed by atoms with Crippen molar-refractivity contribution in [2.75, 3.05) is 5.73 Å². The number of nitrogens with zero attached hydrogens (tertiary/aromatic N) is 3. The molecule has 0 saturated heterocycles. The van der Waals surface area contributed by atoms with Gasteiger partial charge in [0.2, 0.25) is 5.95 Å². The molecular weight excluding hydrogens is 376 g/mol. The van der Waals surface area contributed by atoms with Gasteiger partial charge in [-0.2, -0.15) is 0 Å². The van der Waals surface area contributed by atoms with Crippen LogP contribution in [-0.2, 0) is 19.3 Å². The van der Waals surface area contributed by atoms with E-state index in [0.29, 0.717) is 5.95 Å². The zero-order valence-electron chi connectivity index (χ0n) is 16.8. The normalized spacial score (nSPS) is 18.9. The first kappa shape index (κ1) is 18.5. The van der Waals surface area contributed by atoms with E-state index in [-0.39, 0.29) is 6.04 Å². The molecule has 1 aromatic carbocycles. The second kappa shape index (κ2) is 7.71. The van der Waals surface area contributed by atoms with Crippen LogP contribution in [0.5, 0.6) is 0 Å². The summed E-state index contributed by atoms with van der Waals surface area (Å²) in [6.45, 7) is 2.18. The number of nitrogen functional groups attached to an aromatic ring is 1. The molecule has 0 amide bonds. The fraction of sp³-hybridized carbons (Fsp3) is 0.375. The molecule has 1 atom stereocenters. The van der Waals surface area contributed by atoms with Gasteiger partial charge in [-0.1, -0.05) is 12.1 Å². The number of aliphatic imine (C=N–C) groups is 1. The lowest BCUT2D eigenvalue weighted by molar-refractivity contribution is 0.573. The SMILES string of the molecule is CC(=NC1CCCc2cc(-c3ccnc(N)n3)ccc21)c1cc2c(s1)CCCC2. The summed E-state index contributed by atoms with van der Waals surface area (Å²) in [6, 6.07) is 11.2. The maximum Gasteiger partial charge on any atom is 0.220 e. The maximum atomic E-state index is 5.76. The van der Waals surface area contributed by atoms with Gasteiger partial charge in [0.15, 0.2) is 0 Å². The number of aryl methyl sites for hydroxylation is 3. The average molecular weight is 403 g/mol. The summed E-state index contributed by atoms with van der Waals surface area (Å²) in [6.07, 6.45) is 10.3. The van der Waals surface area contributed by atoms with Crippen molar-refractivity contribution in [3.8, 4) is 11.3 Å². The van der Waals surface area contributed by atoms with Crippen LogP contribution < -0.4 is 5.73 Å². The highest BCUT2D eigenvalue weighted by Crippen LogP contribution is 2.36. The molecule has 0 spiro atoms. The Kier molecular flexibility index (Phi) is 4.92. The monoisotopic (exact) mass is 402 g/mol. The van der Waals surface area contributed by atoms with E-state index < -0.39 is 0 Å². The molecule has 0 saturated carbocycles. The number of aromatic nitrogens is 2. The molecule has 1 unspecified atom stereocenters. The Morgan fingerprint density at radius 1 is 1.07 bits per heavy atom. The van der Waals surface area contributed by atoms with Crippen molar-refractivity contribution in [1.29, 1.82) is 0 Å². The quantitative estimate of drug-likeness (QED) is 0.584. The van der Waals surface area contributed by atoms with E-state index in [0.717, 1.165) is 24.1 Å². The second-order valence-corrected chi connectivity index (χ2v) is 9.24. The lowest BCUT2D eigenvalue weighted by Gasteiger charge is -2.24. The predicted molar refractivity (Wildman–Crippen MR) is 121 cm³/mol. The predicted octanol–water partition coefficient (Wildman–Crippen LogP) is 5.55. The van der Waals surface area contributed by atoms with Crippen molar-refractivity contribution < 1.29 is 0 Å². The molecule has 0 fully saturated rings. The number of hydrogen-bond donors (Lipinski definition) is 1. The molecule has 2 aliphatic carbocycles. The zero-order chi connectivity index (χ0) is 19.8. The highest BCUT2D eigenvalue weighted by molar-refractivity contribution is 7.14. The second-order valence-electron chi connectivity index (χ2n) is 8.10. The first-order valence-corrected chi connectivity index (χ1v) is 11.4. The summed E-state index contributed by atoms with van der Waals surface area (Å²) in [4.78, 5) is 16.5. The molecule has 5 rings (SSSR count). The lowest BCUT2D eigenvalue weighted by Crippen LogP contribution is -2.10. The molecular formula is C24H26N4S. The Bertz CT molecular complexity index is 1060. The third kappa shape index (κ3) is 3.71. The van der Waals surface area contributed by atoms with Gasteiger partial charge in [-0.3, -0.25) is 4.99 Å². The van der Waals surface area contributed by atoms with Crippen molar-refractivity contribution in [1.82, 2.24) is 9.97 Å². The van der Waals surface area contributed by atoms with E-state index in [2.05, 4.69) is 41.2 Å². The van der Waals surface area contributed by atoms with Gasteiger partial charge in [0.25, 0.3) is 0 Å². The Balaban J connectivity index is 1.44. The maximum absolute atomic E-state index is 5.76. The van der Waals surface area contributed by atoms with Crippen LogP contribution in [0.3, 0.4) is 0 Å². The number of anilines is 1. The fourth-order valence-electron chi connectivity index (χ4n) is 4.58. The van der Waals surface area contributed by atoms with Crippen LogP contribution in [0.2, 0.25) is 0 Å². The highest BCUT2D eigenvalue weighted by atomic mass is 32.1. The van der Waals surface area contributed by atoms with Crippen LogP contribution >= 0.6 is 11.3 Å². The third-order valence-electron chi connectivity index (χ3n) is 6.10.